The molecule has 0 atom stereocenters. The number of hydrogen-bond acceptors (Lipinski definition) is 4. The molecule has 3 aromatic carbocycles. The second-order valence-corrected chi connectivity index (χ2v) is 8.00. The first kappa shape index (κ1) is 23.4. The number of para-hydroxylation sites is 1. The van der Waals surface area contributed by atoms with Gasteiger partial charge in [0.05, 0.1) is 17.9 Å². The minimum absolute atomic E-state index is 0.165. The molecule has 0 radical (unpaired) electrons. The van der Waals surface area contributed by atoms with Crippen LogP contribution in [0.5, 0.6) is 0 Å². The molecule has 4 aromatic rings. The molecule has 0 unspecified atom stereocenters. The van der Waals surface area contributed by atoms with Gasteiger partial charge in [-0.05, 0) is 36.4 Å². The Hall–Kier alpha value is -4.72. The number of carbonyl (C=O) groups excluding carboxylic acids is 3. The van der Waals surface area contributed by atoms with Gasteiger partial charge in [-0.3, -0.25) is 14.4 Å². The molecule has 0 aliphatic rings. The highest BCUT2D eigenvalue weighted by Crippen LogP contribution is 2.24. The summed E-state index contributed by atoms with van der Waals surface area (Å²) in [5.41, 5.74) is 3.83. The molecule has 0 aliphatic carbocycles. The lowest BCUT2D eigenvalue weighted by molar-refractivity contribution is -0.116. The van der Waals surface area contributed by atoms with Crippen molar-refractivity contribution in [2.75, 3.05) is 24.2 Å². The van der Waals surface area contributed by atoms with Crippen LogP contribution in [0.15, 0.2) is 91.0 Å². The second kappa shape index (κ2) is 10.5. The standard InChI is InChI=1S/C27H25N5O3/c1-19(33)28-21-12-9-13-22(16-21)29-26(34)18-31(2)27(35)24-17-25(20-10-5-3-6-11-20)32(30-24)23-14-7-4-8-15-23/h3-17H,18H2,1-2H3,(H,28,33)(H,29,34). The largest absolute Gasteiger partial charge is 0.331 e. The molecule has 8 nitrogen and oxygen atoms in total. The normalized spacial score (nSPS) is 10.5. The van der Waals surface area contributed by atoms with Crippen LogP contribution in [0.4, 0.5) is 11.4 Å². The molecule has 2 N–H and O–H groups in total. The number of anilines is 2. The highest BCUT2D eigenvalue weighted by Gasteiger charge is 2.21. The molecular formula is C27H25N5O3. The van der Waals surface area contributed by atoms with E-state index < -0.39 is 0 Å². The number of hydrogen-bond donors (Lipinski definition) is 2. The van der Waals surface area contributed by atoms with Gasteiger partial charge in [0.1, 0.15) is 0 Å². The highest BCUT2D eigenvalue weighted by atomic mass is 16.2. The van der Waals surface area contributed by atoms with E-state index in [4.69, 9.17) is 0 Å². The zero-order valence-corrected chi connectivity index (χ0v) is 19.4. The summed E-state index contributed by atoms with van der Waals surface area (Å²) >= 11 is 0. The van der Waals surface area contributed by atoms with Gasteiger partial charge in [0.15, 0.2) is 5.69 Å². The number of carbonyl (C=O) groups is 3. The van der Waals surface area contributed by atoms with Gasteiger partial charge in [0, 0.05) is 30.9 Å². The van der Waals surface area contributed by atoms with E-state index in [0.717, 1.165) is 16.9 Å². The molecule has 3 amide bonds. The average molecular weight is 468 g/mol. The van der Waals surface area contributed by atoms with Crippen LogP contribution in [0.25, 0.3) is 16.9 Å². The van der Waals surface area contributed by atoms with E-state index in [0.29, 0.717) is 11.4 Å². The lowest BCUT2D eigenvalue weighted by atomic mass is 10.1. The van der Waals surface area contributed by atoms with E-state index >= 15 is 0 Å². The number of likely N-dealkylation sites (N-methyl/N-ethyl adjacent to an activating group) is 1. The van der Waals surface area contributed by atoms with Crippen molar-refractivity contribution in [2.45, 2.75) is 6.92 Å². The van der Waals surface area contributed by atoms with Crippen LogP contribution < -0.4 is 10.6 Å². The smallest absolute Gasteiger partial charge is 0.274 e. The molecule has 35 heavy (non-hydrogen) atoms. The Bertz CT molecular complexity index is 1290. The van der Waals surface area contributed by atoms with Crippen LogP contribution in [0.3, 0.4) is 0 Å². The summed E-state index contributed by atoms with van der Waals surface area (Å²) in [6, 6.07) is 27.8. The van der Waals surface area contributed by atoms with Crippen LogP contribution in [0.1, 0.15) is 17.4 Å². The average Bonchev–Trinajstić information content (AvgIpc) is 3.30. The first-order valence-corrected chi connectivity index (χ1v) is 11.0. The van der Waals surface area contributed by atoms with Crippen molar-refractivity contribution in [1.29, 1.82) is 0 Å². The fourth-order valence-corrected chi connectivity index (χ4v) is 3.63. The third-order valence-electron chi connectivity index (χ3n) is 5.19. The predicted octanol–water partition coefficient (Wildman–Crippen LogP) is 4.21. The Balaban J connectivity index is 1.51. The minimum Gasteiger partial charge on any atom is -0.331 e. The van der Waals surface area contributed by atoms with Gasteiger partial charge in [-0.2, -0.15) is 5.10 Å². The van der Waals surface area contributed by atoms with Crippen LogP contribution in [0.2, 0.25) is 0 Å². The van der Waals surface area contributed by atoms with Gasteiger partial charge in [-0.25, -0.2) is 4.68 Å². The van der Waals surface area contributed by atoms with Crippen molar-refractivity contribution in [3.05, 3.63) is 96.7 Å². The molecule has 1 heterocycles. The van der Waals surface area contributed by atoms with E-state index in [1.54, 1.807) is 42.1 Å². The summed E-state index contributed by atoms with van der Waals surface area (Å²) in [5, 5.41) is 9.98. The van der Waals surface area contributed by atoms with Crippen LogP contribution >= 0.6 is 0 Å². The van der Waals surface area contributed by atoms with Crippen molar-refractivity contribution in [1.82, 2.24) is 14.7 Å². The predicted molar refractivity (Wildman–Crippen MR) is 135 cm³/mol. The maximum absolute atomic E-state index is 13.2. The maximum Gasteiger partial charge on any atom is 0.274 e. The first-order chi connectivity index (χ1) is 16.9. The number of rotatable bonds is 7. The fraction of sp³-hybridized carbons (Fsp3) is 0.111. The Kier molecular flexibility index (Phi) is 7.02. The molecule has 4 rings (SSSR count). The summed E-state index contributed by atoms with van der Waals surface area (Å²) in [6.07, 6.45) is 0. The van der Waals surface area contributed by atoms with E-state index in [9.17, 15) is 14.4 Å². The fourth-order valence-electron chi connectivity index (χ4n) is 3.63. The van der Waals surface area contributed by atoms with E-state index in [1.807, 2.05) is 60.7 Å². The van der Waals surface area contributed by atoms with Crippen LogP contribution in [-0.2, 0) is 9.59 Å². The Labute approximate surface area is 203 Å². The zero-order chi connectivity index (χ0) is 24.8. The summed E-state index contributed by atoms with van der Waals surface area (Å²) in [6.45, 7) is 1.25. The number of aromatic nitrogens is 2. The molecule has 0 aliphatic heterocycles. The maximum atomic E-state index is 13.2. The molecule has 8 heteroatoms. The SMILES string of the molecule is CC(=O)Nc1cccc(NC(=O)CN(C)C(=O)c2cc(-c3ccccc3)n(-c3ccccc3)n2)c1. The van der Waals surface area contributed by atoms with E-state index in [2.05, 4.69) is 15.7 Å². The lowest BCUT2D eigenvalue weighted by Crippen LogP contribution is -2.35. The van der Waals surface area contributed by atoms with Crippen LogP contribution in [0, 0.1) is 0 Å². The molecular weight excluding hydrogens is 442 g/mol. The van der Waals surface area contributed by atoms with E-state index in [1.165, 1.54) is 11.8 Å². The quantitative estimate of drug-likeness (QED) is 0.426. The molecule has 176 valence electrons. The first-order valence-electron chi connectivity index (χ1n) is 11.0. The van der Waals surface area contributed by atoms with Crippen molar-refractivity contribution in [2.24, 2.45) is 0 Å². The van der Waals surface area contributed by atoms with E-state index in [-0.39, 0.29) is 30.0 Å². The molecule has 0 spiro atoms. The Morgan fingerprint density at radius 3 is 2.11 bits per heavy atom. The molecule has 0 saturated carbocycles. The number of amides is 3. The summed E-state index contributed by atoms with van der Waals surface area (Å²) < 4.78 is 1.73. The molecule has 0 fully saturated rings. The number of nitrogens with zero attached hydrogens (tertiary/aromatic N) is 3. The van der Waals surface area contributed by atoms with Gasteiger partial charge in [-0.1, -0.05) is 54.6 Å². The van der Waals surface area contributed by atoms with Crippen LogP contribution in [-0.4, -0.2) is 46.0 Å². The van der Waals surface area contributed by atoms with Gasteiger partial charge >= 0.3 is 0 Å². The van der Waals surface area contributed by atoms with Gasteiger partial charge in [-0.15, -0.1) is 0 Å². The van der Waals surface area contributed by atoms with Crippen molar-refractivity contribution >= 4 is 29.1 Å². The third-order valence-corrected chi connectivity index (χ3v) is 5.19. The van der Waals surface area contributed by atoms with Gasteiger partial charge < -0.3 is 15.5 Å². The summed E-state index contributed by atoms with van der Waals surface area (Å²) in [7, 11) is 1.55. The number of nitrogens with one attached hydrogen (secondary N) is 2. The van der Waals surface area contributed by atoms with Gasteiger partial charge in [0.25, 0.3) is 5.91 Å². The molecule has 0 bridgehead atoms. The zero-order valence-electron chi connectivity index (χ0n) is 19.4. The Morgan fingerprint density at radius 1 is 0.829 bits per heavy atom. The minimum atomic E-state index is -0.376. The lowest BCUT2D eigenvalue weighted by Gasteiger charge is -2.16. The molecule has 1 aromatic heterocycles. The summed E-state index contributed by atoms with van der Waals surface area (Å²) in [4.78, 5) is 38.3. The monoisotopic (exact) mass is 467 g/mol. The van der Waals surface area contributed by atoms with Crippen molar-refractivity contribution in [3.8, 4) is 16.9 Å². The highest BCUT2D eigenvalue weighted by molar-refractivity contribution is 5.99. The number of benzene rings is 3. The van der Waals surface area contributed by atoms with Gasteiger partial charge in [0.2, 0.25) is 11.8 Å². The topological polar surface area (TPSA) is 96.3 Å². The molecule has 0 saturated heterocycles. The van der Waals surface area contributed by atoms with Crippen molar-refractivity contribution in [3.63, 3.8) is 0 Å². The Morgan fingerprint density at radius 2 is 1.46 bits per heavy atom. The second-order valence-electron chi connectivity index (χ2n) is 8.00. The van der Waals surface area contributed by atoms with Crippen molar-refractivity contribution < 1.29 is 14.4 Å². The third kappa shape index (κ3) is 5.80. The summed E-state index contributed by atoms with van der Waals surface area (Å²) in [5.74, 6) is -0.950.